The van der Waals surface area contributed by atoms with Gasteiger partial charge in [-0.15, -0.1) is 0 Å². The maximum absolute atomic E-state index is 11.8. The summed E-state index contributed by atoms with van der Waals surface area (Å²) < 4.78 is 0. The van der Waals surface area contributed by atoms with Crippen LogP contribution in [0.25, 0.3) is 0 Å². The van der Waals surface area contributed by atoms with E-state index >= 15 is 0 Å². The molecule has 0 aromatic rings. The predicted molar refractivity (Wildman–Crippen MR) is 73.2 cm³/mol. The number of aliphatic carboxylic acids is 1. The smallest absolute Gasteiger partial charge is 0.310 e. The zero-order valence-electron chi connectivity index (χ0n) is 12.3. The molecule has 1 N–H and O–H groups in total. The molecule has 0 saturated carbocycles. The molecule has 2 heteroatoms. The fourth-order valence-electron chi connectivity index (χ4n) is 3.17. The first-order valence-corrected chi connectivity index (χ1v) is 7.17. The van der Waals surface area contributed by atoms with Crippen LogP contribution in [0.15, 0.2) is 0 Å². The van der Waals surface area contributed by atoms with Crippen LogP contribution in [0.5, 0.6) is 0 Å². The molecule has 0 spiro atoms. The molecule has 0 aliphatic carbocycles. The summed E-state index contributed by atoms with van der Waals surface area (Å²) in [5.74, 6) is -0.595. The zero-order valence-corrected chi connectivity index (χ0v) is 12.3. The van der Waals surface area contributed by atoms with Crippen molar-refractivity contribution < 1.29 is 9.90 Å². The first kappa shape index (κ1) is 16.5. The maximum atomic E-state index is 11.8. The molecule has 0 saturated heterocycles. The first-order chi connectivity index (χ1) is 7.94. The second-order valence-electron chi connectivity index (χ2n) is 5.51. The summed E-state index contributed by atoms with van der Waals surface area (Å²) in [6.45, 7) is 10.6. The summed E-state index contributed by atoms with van der Waals surface area (Å²) in [5, 5.41) is 9.72. The molecule has 102 valence electrons. The second kappa shape index (κ2) is 7.03. The number of carbonyl (C=O) groups is 1. The van der Waals surface area contributed by atoms with Gasteiger partial charge in [0.15, 0.2) is 0 Å². The molecule has 0 fully saturated rings. The lowest BCUT2D eigenvalue weighted by molar-refractivity contribution is -0.160. The van der Waals surface area contributed by atoms with Crippen molar-refractivity contribution in [3.8, 4) is 0 Å². The van der Waals surface area contributed by atoms with Crippen molar-refractivity contribution in [2.45, 2.75) is 79.6 Å². The van der Waals surface area contributed by atoms with E-state index in [9.17, 15) is 9.90 Å². The minimum atomic E-state index is -0.595. The average molecular weight is 242 g/mol. The van der Waals surface area contributed by atoms with Gasteiger partial charge in [0.05, 0.1) is 5.41 Å². The van der Waals surface area contributed by atoms with Gasteiger partial charge in [-0.25, -0.2) is 0 Å². The van der Waals surface area contributed by atoms with E-state index in [1.807, 2.05) is 6.92 Å². The third-order valence-electron chi connectivity index (χ3n) is 4.71. The van der Waals surface area contributed by atoms with Gasteiger partial charge in [0, 0.05) is 0 Å². The van der Waals surface area contributed by atoms with Crippen LogP contribution in [-0.2, 0) is 4.79 Å². The molecule has 2 unspecified atom stereocenters. The van der Waals surface area contributed by atoms with E-state index in [-0.39, 0.29) is 5.41 Å². The Kier molecular flexibility index (Phi) is 6.81. The van der Waals surface area contributed by atoms with E-state index in [0.29, 0.717) is 0 Å². The van der Waals surface area contributed by atoms with Gasteiger partial charge in [-0.3, -0.25) is 4.79 Å². The summed E-state index contributed by atoms with van der Waals surface area (Å²) >= 11 is 0. The van der Waals surface area contributed by atoms with Crippen molar-refractivity contribution in [3.63, 3.8) is 0 Å². The SMILES string of the molecule is CCCCC(C)(CC)C(CC)(CCC)C(=O)O. The molecule has 0 aromatic carbocycles. The number of hydrogen-bond acceptors (Lipinski definition) is 1. The van der Waals surface area contributed by atoms with E-state index in [4.69, 9.17) is 0 Å². The van der Waals surface area contributed by atoms with Crippen molar-refractivity contribution in [1.82, 2.24) is 0 Å². The Labute approximate surface area is 107 Å². The van der Waals surface area contributed by atoms with Crippen molar-refractivity contribution in [2.24, 2.45) is 10.8 Å². The van der Waals surface area contributed by atoms with Crippen LogP contribution in [-0.4, -0.2) is 11.1 Å². The Morgan fingerprint density at radius 1 is 1.00 bits per heavy atom. The highest BCUT2D eigenvalue weighted by Gasteiger charge is 2.50. The largest absolute Gasteiger partial charge is 0.481 e. The molecule has 2 nitrogen and oxygen atoms in total. The second-order valence-corrected chi connectivity index (χ2v) is 5.51. The molecule has 0 bridgehead atoms. The van der Waals surface area contributed by atoms with E-state index in [1.165, 1.54) is 0 Å². The Morgan fingerprint density at radius 3 is 1.88 bits per heavy atom. The highest BCUT2D eigenvalue weighted by molar-refractivity contribution is 5.75. The molecule has 0 aliphatic rings. The molecule has 0 heterocycles. The van der Waals surface area contributed by atoms with E-state index in [0.717, 1.165) is 44.9 Å². The number of carboxylic acid groups (broad SMARTS) is 1. The monoisotopic (exact) mass is 242 g/mol. The lowest BCUT2D eigenvalue weighted by Gasteiger charge is -2.45. The van der Waals surface area contributed by atoms with Gasteiger partial charge in [0.2, 0.25) is 0 Å². The fraction of sp³-hybridized carbons (Fsp3) is 0.933. The Balaban J connectivity index is 5.27. The van der Waals surface area contributed by atoms with Crippen LogP contribution < -0.4 is 0 Å². The Morgan fingerprint density at radius 2 is 1.59 bits per heavy atom. The molecule has 0 amide bonds. The Hall–Kier alpha value is -0.530. The topological polar surface area (TPSA) is 37.3 Å². The molecule has 2 atom stereocenters. The molecule has 17 heavy (non-hydrogen) atoms. The average Bonchev–Trinajstić information content (AvgIpc) is 2.32. The number of carboxylic acids is 1. The van der Waals surface area contributed by atoms with Crippen molar-refractivity contribution in [1.29, 1.82) is 0 Å². The van der Waals surface area contributed by atoms with Crippen LogP contribution >= 0.6 is 0 Å². The van der Waals surface area contributed by atoms with Crippen molar-refractivity contribution in [2.75, 3.05) is 0 Å². The van der Waals surface area contributed by atoms with Crippen molar-refractivity contribution >= 4 is 5.97 Å². The zero-order chi connectivity index (χ0) is 13.5. The Bertz CT molecular complexity index is 237. The summed E-state index contributed by atoms with van der Waals surface area (Å²) in [6.07, 6.45) is 6.73. The van der Waals surface area contributed by atoms with Gasteiger partial charge in [-0.1, -0.05) is 53.9 Å². The molecular weight excluding hydrogens is 212 g/mol. The molecular formula is C15H30O2. The standard InChI is InChI=1S/C15H30O2/c1-6-10-12-14(5,8-3)15(9-4,11-7-2)13(16)17/h6-12H2,1-5H3,(H,16,17). The van der Waals surface area contributed by atoms with E-state index in [1.54, 1.807) is 0 Å². The fourth-order valence-corrected chi connectivity index (χ4v) is 3.17. The van der Waals surface area contributed by atoms with Gasteiger partial charge in [0.25, 0.3) is 0 Å². The number of unbranched alkanes of at least 4 members (excludes halogenated alkanes) is 1. The van der Waals surface area contributed by atoms with Gasteiger partial charge in [0.1, 0.15) is 0 Å². The minimum Gasteiger partial charge on any atom is -0.481 e. The van der Waals surface area contributed by atoms with E-state index in [2.05, 4.69) is 27.7 Å². The van der Waals surface area contributed by atoms with Crippen LogP contribution in [0.2, 0.25) is 0 Å². The normalized spacial score (nSPS) is 18.4. The summed E-state index contributed by atoms with van der Waals surface area (Å²) in [6, 6.07) is 0. The van der Waals surface area contributed by atoms with Gasteiger partial charge in [-0.05, 0) is 31.1 Å². The lowest BCUT2D eigenvalue weighted by atomic mass is 9.57. The van der Waals surface area contributed by atoms with Crippen LogP contribution in [0.3, 0.4) is 0 Å². The molecule has 0 aromatic heterocycles. The first-order valence-electron chi connectivity index (χ1n) is 7.17. The summed E-state index contributed by atoms with van der Waals surface area (Å²) in [7, 11) is 0. The molecule has 0 aliphatic heterocycles. The summed E-state index contributed by atoms with van der Waals surface area (Å²) in [4.78, 5) is 11.8. The molecule has 0 rings (SSSR count). The highest BCUT2D eigenvalue weighted by Crippen LogP contribution is 2.51. The lowest BCUT2D eigenvalue weighted by Crippen LogP contribution is -2.45. The third-order valence-corrected chi connectivity index (χ3v) is 4.71. The van der Waals surface area contributed by atoms with Crippen LogP contribution in [0.4, 0.5) is 0 Å². The van der Waals surface area contributed by atoms with Gasteiger partial charge >= 0.3 is 5.97 Å². The quantitative estimate of drug-likeness (QED) is 0.626. The predicted octanol–water partition coefficient (Wildman–Crippen LogP) is 4.87. The highest BCUT2D eigenvalue weighted by atomic mass is 16.4. The van der Waals surface area contributed by atoms with Crippen LogP contribution in [0, 0.1) is 10.8 Å². The number of rotatable bonds is 9. The number of hydrogen-bond donors (Lipinski definition) is 1. The third kappa shape index (κ3) is 3.23. The maximum Gasteiger partial charge on any atom is 0.310 e. The van der Waals surface area contributed by atoms with E-state index < -0.39 is 11.4 Å². The van der Waals surface area contributed by atoms with Gasteiger partial charge in [-0.2, -0.15) is 0 Å². The van der Waals surface area contributed by atoms with Crippen molar-refractivity contribution in [3.05, 3.63) is 0 Å². The minimum absolute atomic E-state index is 0.0698. The van der Waals surface area contributed by atoms with Crippen LogP contribution in [0.1, 0.15) is 79.6 Å². The van der Waals surface area contributed by atoms with Gasteiger partial charge < -0.3 is 5.11 Å². The summed E-state index contributed by atoms with van der Waals surface area (Å²) in [5.41, 5.74) is -0.606. The molecule has 0 radical (unpaired) electrons.